The zero-order chi connectivity index (χ0) is 12.1. The van der Waals surface area contributed by atoms with Crippen molar-refractivity contribution in [3.05, 3.63) is 18.0 Å². The molecule has 1 saturated carbocycles. The second kappa shape index (κ2) is 6.20. The van der Waals surface area contributed by atoms with E-state index in [1.807, 2.05) is 4.68 Å². The van der Waals surface area contributed by atoms with Gasteiger partial charge in [0, 0.05) is 24.8 Å². The average Bonchev–Trinajstić information content (AvgIpc) is 2.63. The van der Waals surface area contributed by atoms with Gasteiger partial charge in [-0.2, -0.15) is 5.10 Å². The third kappa shape index (κ3) is 3.84. The van der Waals surface area contributed by atoms with Gasteiger partial charge in [-0.1, -0.05) is 25.7 Å². The molecular weight excluding hydrogens is 210 g/mol. The zero-order valence-electron chi connectivity index (χ0n) is 11.2. The van der Waals surface area contributed by atoms with Crippen LogP contribution in [0, 0.1) is 0 Å². The molecule has 3 nitrogen and oxygen atoms in total. The van der Waals surface area contributed by atoms with Crippen molar-refractivity contribution in [2.24, 2.45) is 0 Å². The highest BCUT2D eigenvalue weighted by Crippen LogP contribution is 2.17. The van der Waals surface area contributed by atoms with E-state index in [1.54, 1.807) is 0 Å². The maximum atomic E-state index is 4.57. The Labute approximate surface area is 105 Å². The van der Waals surface area contributed by atoms with Crippen LogP contribution in [0.25, 0.3) is 0 Å². The van der Waals surface area contributed by atoms with Crippen molar-refractivity contribution in [2.45, 2.75) is 71.0 Å². The third-order valence-electron chi connectivity index (χ3n) is 3.62. The fraction of sp³-hybridized carbons (Fsp3) is 0.786. The van der Waals surface area contributed by atoms with Gasteiger partial charge in [-0.15, -0.1) is 0 Å². The van der Waals surface area contributed by atoms with Gasteiger partial charge in [0.2, 0.25) is 0 Å². The summed E-state index contributed by atoms with van der Waals surface area (Å²) in [7, 11) is 0. The van der Waals surface area contributed by atoms with E-state index in [4.69, 9.17) is 0 Å². The summed E-state index contributed by atoms with van der Waals surface area (Å²) in [5.41, 5.74) is 1.17. The van der Waals surface area contributed by atoms with E-state index in [0.29, 0.717) is 12.1 Å². The second-order valence-corrected chi connectivity index (χ2v) is 5.45. The van der Waals surface area contributed by atoms with Crippen molar-refractivity contribution in [1.82, 2.24) is 15.1 Å². The molecule has 0 saturated heterocycles. The summed E-state index contributed by atoms with van der Waals surface area (Å²) >= 11 is 0. The Morgan fingerprint density at radius 1 is 1.29 bits per heavy atom. The molecule has 3 heteroatoms. The van der Waals surface area contributed by atoms with Crippen LogP contribution in [0.2, 0.25) is 0 Å². The Bertz CT molecular complexity index is 322. The van der Waals surface area contributed by atoms with Gasteiger partial charge >= 0.3 is 0 Å². The topological polar surface area (TPSA) is 29.9 Å². The lowest BCUT2D eigenvalue weighted by atomic mass is 10.1. The van der Waals surface area contributed by atoms with E-state index in [-0.39, 0.29) is 0 Å². The molecule has 0 aromatic carbocycles. The van der Waals surface area contributed by atoms with Crippen LogP contribution in [0.15, 0.2) is 12.3 Å². The molecule has 0 radical (unpaired) electrons. The van der Waals surface area contributed by atoms with Crippen LogP contribution >= 0.6 is 0 Å². The summed E-state index contributed by atoms with van der Waals surface area (Å²) < 4.78 is 2.03. The lowest BCUT2D eigenvalue weighted by Crippen LogP contribution is -2.28. The molecule has 1 fully saturated rings. The van der Waals surface area contributed by atoms with Crippen LogP contribution in [-0.4, -0.2) is 15.8 Å². The molecule has 0 amide bonds. The molecule has 17 heavy (non-hydrogen) atoms. The Hall–Kier alpha value is -0.830. The zero-order valence-corrected chi connectivity index (χ0v) is 11.2. The van der Waals surface area contributed by atoms with E-state index in [2.05, 4.69) is 36.5 Å². The highest BCUT2D eigenvalue weighted by molar-refractivity contribution is 4.99. The van der Waals surface area contributed by atoms with E-state index in [9.17, 15) is 0 Å². The molecular formula is C14H25N3. The Morgan fingerprint density at radius 3 is 2.59 bits per heavy atom. The first-order valence-electron chi connectivity index (χ1n) is 7.03. The van der Waals surface area contributed by atoms with Crippen LogP contribution in [0.4, 0.5) is 0 Å². The SMILES string of the molecule is CC(C)n1ccc(CNC2CCCCCC2)n1. The first kappa shape index (κ1) is 12.6. The number of rotatable bonds is 4. The second-order valence-electron chi connectivity index (χ2n) is 5.45. The summed E-state index contributed by atoms with van der Waals surface area (Å²) in [6, 6.07) is 3.30. The highest BCUT2D eigenvalue weighted by Gasteiger charge is 2.12. The molecule has 2 rings (SSSR count). The molecule has 1 heterocycles. The molecule has 1 aliphatic carbocycles. The summed E-state index contributed by atoms with van der Waals surface area (Å²) in [5.74, 6) is 0. The van der Waals surface area contributed by atoms with Gasteiger partial charge < -0.3 is 5.32 Å². The Kier molecular flexibility index (Phi) is 4.60. The van der Waals surface area contributed by atoms with Gasteiger partial charge in [0.15, 0.2) is 0 Å². The minimum atomic E-state index is 0.460. The van der Waals surface area contributed by atoms with Gasteiger partial charge in [0.05, 0.1) is 5.69 Å². The number of aromatic nitrogens is 2. The third-order valence-corrected chi connectivity index (χ3v) is 3.62. The Morgan fingerprint density at radius 2 is 2.00 bits per heavy atom. The molecule has 1 N–H and O–H groups in total. The molecule has 1 aromatic rings. The van der Waals surface area contributed by atoms with Gasteiger partial charge in [0.1, 0.15) is 0 Å². The first-order valence-corrected chi connectivity index (χ1v) is 7.03. The molecule has 0 spiro atoms. The molecule has 0 unspecified atom stereocenters. The van der Waals surface area contributed by atoms with Gasteiger partial charge in [0.25, 0.3) is 0 Å². The van der Waals surface area contributed by atoms with Crippen LogP contribution in [-0.2, 0) is 6.54 Å². The van der Waals surface area contributed by atoms with E-state index >= 15 is 0 Å². The van der Waals surface area contributed by atoms with E-state index < -0.39 is 0 Å². The van der Waals surface area contributed by atoms with Crippen LogP contribution in [0.5, 0.6) is 0 Å². The van der Waals surface area contributed by atoms with Crippen molar-refractivity contribution in [1.29, 1.82) is 0 Å². The predicted molar refractivity (Wildman–Crippen MR) is 70.9 cm³/mol. The first-order chi connectivity index (χ1) is 8.25. The molecule has 1 aromatic heterocycles. The minimum absolute atomic E-state index is 0.460. The monoisotopic (exact) mass is 235 g/mol. The van der Waals surface area contributed by atoms with Crippen LogP contribution in [0.3, 0.4) is 0 Å². The fourth-order valence-electron chi connectivity index (χ4n) is 2.49. The van der Waals surface area contributed by atoms with E-state index in [0.717, 1.165) is 6.54 Å². The fourth-order valence-corrected chi connectivity index (χ4v) is 2.49. The summed E-state index contributed by atoms with van der Waals surface area (Å²) in [5, 5.41) is 8.23. The van der Waals surface area contributed by atoms with Crippen LogP contribution < -0.4 is 5.32 Å². The predicted octanol–water partition coefficient (Wildman–Crippen LogP) is 3.28. The van der Waals surface area contributed by atoms with Crippen LogP contribution in [0.1, 0.15) is 64.1 Å². The van der Waals surface area contributed by atoms with Crippen molar-refractivity contribution in [3.63, 3.8) is 0 Å². The maximum Gasteiger partial charge on any atom is 0.0762 e. The molecule has 0 atom stereocenters. The number of nitrogens with one attached hydrogen (secondary N) is 1. The summed E-state index contributed by atoms with van der Waals surface area (Å²) in [6.07, 6.45) is 10.4. The summed E-state index contributed by atoms with van der Waals surface area (Å²) in [4.78, 5) is 0. The largest absolute Gasteiger partial charge is 0.308 e. The number of hydrogen-bond acceptors (Lipinski definition) is 2. The average molecular weight is 235 g/mol. The number of nitrogens with zero attached hydrogens (tertiary/aromatic N) is 2. The Balaban J connectivity index is 1.79. The highest BCUT2D eigenvalue weighted by atomic mass is 15.3. The molecule has 96 valence electrons. The van der Waals surface area contributed by atoms with Gasteiger partial charge in [-0.05, 0) is 32.8 Å². The normalized spacial score (nSPS) is 18.5. The standard InChI is InChI=1S/C14H25N3/c1-12(2)17-10-9-14(16-17)11-15-13-7-5-3-4-6-8-13/h9-10,12-13,15H,3-8,11H2,1-2H3. The lowest BCUT2D eigenvalue weighted by molar-refractivity contribution is 0.450. The summed E-state index contributed by atoms with van der Waals surface area (Å²) in [6.45, 7) is 5.25. The quantitative estimate of drug-likeness (QED) is 0.812. The number of hydrogen-bond donors (Lipinski definition) is 1. The van der Waals surface area contributed by atoms with Crippen molar-refractivity contribution in [2.75, 3.05) is 0 Å². The minimum Gasteiger partial charge on any atom is -0.308 e. The lowest BCUT2D eigenvalue weighted by Gasteiger charge is -2.15. The van der Waals surface area contributed by atoms with Crippen molar-refractivity contribution in [3.8, 4) is 0 Å². The molecule has 0 aliphatic heterocycles. The molecule has 0 bridgehead atoms. The van der Waals surface area contributed by atoms with Crippen molar-refractivity contribution >= 4 is 0 Å². The smallest absolute Gasteiger partial charge is 0.0762 e. The van der Waals surface area contributed by atoms with Crippen molar-refractivity contribution < 1.29 is 0 Å². The van der Waals surface area contributed by atoms with Gasteiger partial charge in [-0.25, -0.2) is 0 Å². The van der Waals surface area contributed by atoms with E-state index in [1.165, 1.54) is 44.2 Å². The molecule has 1 aliphatic rings. The van der Waals surface area contributed by atoms with Gasteiger partial charge in [-0.3, -0.25) is 4.68 Å². The maximum absolute atomic E-state index is 4.57.